The highest BCUT2D eigenvalue weighted by Crippen LogP contribution is 2.18. The Balaban J connectivity index is 2.21. The standard InChI is InChI=1S/C13H15FN4/c1-9-6-11(14)3-2-10(9)7-12(18-15)13-8-16-4-5-17-13/h2-6,8,12,18H,7,15H2,1H3. The summed E-state index contributed by atoms with van der Waals surface area (Å²) in [5, 5.41) is 0. The third-order valence-electron chi connectivity index (χ3n) is 2.87. The van der Waals surface area contributed by atoms with Gasteiger partial charge in [-0.1, -0.05) is 6.07 Å². The smallest absolute Gasteiger partial charge is 0.123 e. The van der Waals surface area contributed by atoms with E-state index in [0.29, 0.717) is 6.42 Å². The number of aromatic nitrogens is 2. The SMILES string of the molecule is Cc1cc(F)ccc1CC(NN)c1cnccn1. The second-order valence-electron chi connectivity index (χ2n) is 4.12. The van der Waals surface area contributed by atoms with E-state index in [1.54, 1.807) is 24.7 Å². The highest BCUT2D eigenvalue weighted by Gasteiger charge is 2.13. The highest BCUT2D eigenvalue weighted by atomic mass is 19.1. The van der Waals surface area contributed by atoms with Crippen molar-refractivity contribution in [2.24, 2.45) is 5.84 Å². The minimum atomic E-state index is -0.229. The van der Waals surface area contributed by atoms with Crippen LogP contribution in [0.25, 0.3) is 0 Å². The van der Waals surface area contributed by atoms with Gasteiger partial charge >= 0.3 is 0 Å². The van der Waals surface area contributed by atoms with Crippen LogP contribution in [0.4, 0.5) is 4.39 Å². The molecule has 1 unspecified atom stereocenters. The summed E-state index contributed by atoms with van der Waals surface area (Å²) in [6, 6.07) is 4.60. The summed E-state index contributed by atoms with van der Waals surface area (Å²) < 4.78 is 13.0. The summed E-state index contributed by atoms with van der Waals surface area (Å²) >= 11 is 0. The van der Waals surface area contributed by atoms with Gasteiger partial charge in [0.25, 0.3) is 0 Å². The van der Waals surface area contributed by atoms with Gasteiger partial charge in [0, 0.05) is 12.4 Å². The minimum absolute atomic E-state index is 0.136. The molecule has 0 aliphatic rings. The van der Waals surface area contributed by atoms with Crippen molar-refractivity contribution in [3.05, 3.63) is 59.4 Å². The van der Waals surface area contributed by atoms with Crippen molar-refractivity contribution >= 4 is 0 Å². The molecule has 0 amide bonds. The zero-order valence-electron chi connectivity index (χ0n) is 10.1. The lowest BCUT2D eigenvalue weighted by Gasteiger charge is -2.16. The third kappa shape index (κ3) is 2.88. The van der Waals surface area contributed by atoms with Crippen LogP contribution in [0.3, 0.4) is 0 Å². The molecule has 0 aliphatic carbocycles. The molecule has 3 N–H and O–H groups in total. The molecule has 2 aromatic rings. The molecule has 4 nitrogen and oxygen atoms in total. The molecule has 0 saturated carbocycles. The molecule has 94 valence electrons. The van der Waals surface area contributed by atoms with Crippen LogP contribution < -0.4 is 11.3 Å². The van der Waals surface area contributed by atoms with Crippen molar-refractivity contribution in [1.29, 1.82) is 0 Å². The molecule has 0 saturated heterocycles. The van der Waals surface area contributed by atoms with Crippen molar-refractivity contribution in [3.8, 4) is 0 Å². The number of benzene rings is 1. The van der Waals surface area contributed by atoms with Gasteiger partial charge < -0.3 is 0 Å². The van der Waals surface area contributed by atoms with E-state index >= 15 is 0 Å². The zero-order valence-corrected chi connectivity index (χ0v) is 10.1. The van der Waals surface area contributed by atoms with Crippen molar-refractivity contribution in [2.45, 2.75) is 19.4 Å². The van der Waals surface area contributed by atoms with Crippen LogP contribution in [-0.2, 0) is 6.42 Å². The van der Waals surface area contributed by atoms with Crippen molar-refractivity contribution in [1.82, 2.24) is 15.4 Å². The van der Waals surface area contributed by atoms with Gasteiger partial charge in [0.15, 0.2) is 0 Å². The number of rotatable bonds is 4. The van der Waals surface area contributed by atoms with Crippen LogP contribution in [0.15, 0.2) is 36.8 Å². The second kappa shape index (κ2) is 5.66. The van der Waals surface area contributed by atoms with Crippen LogP contribution in [0.5, 0.6) is 0 Å². The lowest BCUT2D eigenvalue weighted by Crippen LogP contribution is -2.30. The van der Waals surface area contributed by atoms with Crippen LogP contribution in [0.1, 0.15) is 22.9 Å². The third-order valence-corrected chi connectivity index (χ3v) is 2.87. The number of nitrogens with two attached hydrogens (primary N) is 1. The maximum absolute atomic E-state index is 13.0. The normalized spacial score (nSPS) is 12.4. The molecule has 0 radical (unpaired) electrons. The van der Waals surface area contributed by atoms with E-state index in [4.69, 9.17) is 5.84 Å². The van der Waals surface area contributed by atoms with Crippen molar-refractivity contribution in [2.75, 3.05) is 0 Å². The van der Waals surface area contributed by atoms with Gasteiger partial charge in [0.2, 0.25) is 0 Å². The largest absolute Gasteiger partial charge is 0.271 e. The summed E-state index contributed by atoms with van der Waals surface area (Å²) in [6.45, 7) is 1.88. The Bertz CT molecular complexity index is 516. The average molecular weight is 246 g/mol. The first-order valence-corrected chi connectivity index (χ1v) is 5.68. The number of aryl methyl sites for hydroxylation is 1. The molecule has 18 heavy (non-hydrogen) atoms. The second-order valence-corrected chi connectivity index (χ2v) is 4.12. The molecular formula is C13H15FN4. The zero-order chi connectivity index (χ0) is 13.0. The predicted molar refractivity (Wildman–Crippen MR) is 66.9 cm³/mol. The molecule has 0 spiro atoms. The quantitative estimate of drug-likeness (QED) is 0.636. The fraction of sp³-hybridized carbons (Fsp3) is 0.231. The van der Waals surface area contributed by atoms with Crippen LogP contribution in [0.2, 0.25) is 0 Å². The molecule has 5 heteroatoms. The first-order valence-electron chi connectivity index (χ1n) is 5.68. The van der Waals surface area contributed by atoms with Crippen LogP contribution in [0, 0.1) is 12.7 Å². The van der Waals surface area contributed by atoms with E-state index in [-0.39, 0.29) is 11.9 Å². The number of hydrogen-bond donors (Lipinski definition) is 2. The fourth-order valence-corrected chi connectivity index (χ4v) is 1.85. The Morgan fingerprint density at radius 2 is 2.22 bits per heavy atom. The van der Waals surface area contributed by atoms with E-state index in [9.17, 15) is 4.39 Å². The summed E-state index contributed by atoms with van der Waals surface area (Å²) in [4.78, 5) is 8.23. The molecule has 1 aromatic carbocycles. The molecule has 0 fully saturated rings. The molecule has 1 aromatic heterocycles. The molecule has 1 heterocycles. The lowest BCUT2D eigenvalue weighted by molar-refractivity contribution is 0.534. The first-order chi connectivity index (χ1) is 8.70. The number of hydrazine groups is 1. The van der Waals surface area contributed by atoms with E-state index in [1.807, 2.05) is 6.92 Å². The number of nitrogens with one attached hydrogen (secondary N) is 1. The van der Waals surface area contributed by atoms with Crippen molar-refractivity contribution < 1.29 is 4.39 Å². The fourth-order valence-electron chi connectivity index (χ4n) is 1.85. The van der Waals surface area contributed by atoms with Crippen molar-refractivity contribution in [3.63, 3.8) is 0 Å². The number of nitrogens with zero attached hydrogens (tertiary/aromatic N) is 2. The number of halogens is 1. The van der Waals surface area contributed by atoms with Gasteiger partial charge in [-0.25, -0.2) is 4.39 Å². The first kappa shape index (κ1) is 12.6. The van der Waals surface area contributed by atoms with E-state index in [2.05, 4.69) is 15.4 Å². The van der Waals surface area contributed by atoms with E-state index in [0.717, 1.165) is 16.8 Å². The predicted octanol–water partition coefficient (Wildman–Crippen LogP) is 1.67. The van der Waals surface area contributed by atoms with Gasteiger partial charge in [-0.15, -0.1) is 0 Å². The lowest BCUT2D eigenvalue weighted by atomic mass is 9.99. The molecule has 0 bridgehead atoms. The molecule has 2 rings (SSSR count). The monoisotopic (exact) mass is 246 g/mol. The maximum Gasteiger partial charge on any atom is 0.123 e. The van der Waals surface area contributed by atoms with Crippen LogP contribution in [-0.4, -0.2) is 9.97 Å². The van der Waals surface area contributed by atoms with Crippen LogP contribution >= 0.6 is 0 Å². The number of hydrogen-bond acceptors (Lipinski definition) is 4. The molecule has 1 atom stereocenters. The summed E-state index contributed by atoms with van der Waals surface area (Å²) in [7, 11) is 0. The topological polar surface area (TPSA) is 63.8 Å². The molecular weight excluding hydrogens is 231 g/mol. The summed E-state index contributed by atoms with van der Waals surface area (Å²) in [5.74, 6) is 5.31. The van der Waals surface area contributed by atoms with Gasteiger partial charge in [0.1, 0.15) is 5.82 Å². The van der Waals surface area contributed by atoms with Gasteiger partial charge in [-0.3, -0.25) is 21.2 Å². The Hall–Kier alpha value is -1.85. The maximum atomic E-state index is 13.0. The van der Waals surface area contributed by atoms with E-state index < -0.39 is 0 Å². The van der Waals surface area contributed by atoms with E-state index in [1.165, 1.54) is 12.1 Å². The average Bonchev–Trinajstić information content (AvgIpc) is 2.39. The summed E-state index contributed by atoms with van der Waals surface area (Å²) in [5.41, 5.74) is 5.41. The molecule has 0 aliphatic heterocycles. The summed E-state index contributed by atoms with van der Waals surface area (Å²) in [6.07, 6.45) is 5.54. The van der Waals surface area contributed by atoms with Gasteiger partial charge in [0.05, 0.1) is 17.9 Å². The Kier molecular flexibility index (Phi) is 3.96. The van der Waals surface area contributed by atoms with Gasteiger partial charge in [-0.2, -0.15) is 0 Å². The van der Waals surface area contributed by atoms with Gasteiger partial charge in [-0.05, 0) is 36.6 Å². The highest BCUT2D eigenvalue weighted by molar-refractivity contribution is 5.28. The Labute approximate surface area is 105 Å². The Morgan fingerprint density at radius 3 is 2.83 bits per heavy atom. The Morgan fingerprint density at radius 1 is 1.39 bits per heavy atom. The minimum Gasteiger partial charge on any atom is -0.271 e.